The Morgan fingerprint density at radius 3 is 2.30 bits per heavy atom. The van der Waals surface area contributed by atoms with Gasteiger partial charge >= 0.3 is 0 Å². The van der Waals surface area contributed by atoms with Crippen LogP contribution in [0.25, 0.3) is 0 Å². The van der Waals surface area contributed by atoms with Gasteiger partial charge in [-0.3, -0.25) is 0 Å². The van der Waals surface area contributed by atoms with Crippen LogP contribution in [0.5, 0.6) is 11.5 Å². The maximum absolute atomic E-state index is 5.32. The minimum absolute atomic E-state index is 0.343. The lowest BCUT2D eigenvalue weighted by molar-refractivity contribution is 0.354. The fraction of sp³-hybridized carbons (Fsp3) is 0.316. The fourth-order valence-corrected chi connectivity index (χ4v) is 2.34. The van der Waals surface area contributed by atoms with Crippen molar-refractivity contribution < 1.29 is 9.47 Å². The summed E-state index contributed by atoms with van der Waals surface area (Å²) in [6, 6.07) is 16.1. The zero-order valence-electron chi connectivity index (χ0n) is 14.2. The van der Waals surface area contributed by atoms with E-state index in [1.165, 1.54) is 0 Å². The van der Waals surface area contributed by atoms with Crippen LogP contribution < -0.4 is 14.9 Å². The van der Waals surface area contributed by atoms with Gasteiger partial charge in [0, 0.05) is 0 Å². The van der Waals surface area contributed by atoms with Crippen molar-refractivity contribution in [1.29, 1.82) is 0 Å². The molecule has 2 rings (SSSR count). The number of hydrazone groups is 1. The number of nitrogens with zero attached hydrogens (tertiary/aromatic N) is 1. The lowest BCUT2D eigenvalue weighted by Crippen LogP contribution is -2.16. The van der Waals surface area contributed by atoms with Crippen molar-refractivity contribution in [3.63, 3.8) is 0 Å². The Kier molecular flexibility index (Phi) is 6.03. The molecule has 0 bridgehead atoms. The van der Waals surface area contributed by atoms with Gasteiger partial charge in [0.2, 0.25) is 0 Å². The average Bonchev–Trinajstić information content (AvgIpc) is 2.58. The van der Waals surface area contributed by atoms with Crippen molar-refractivity contribution in [3.05, 3.63) is 59.7 Å². The SMILES string of the molecule is COc1ccc(CN/N=C(\c2ccccc2)C(C)C)cc1OC. The monoisotopic (exact) mass is 312 g/mol. The Balaban J connectivity index is 2.10. The average molecular weight is 312 g/mol. The van der Waals surface area contributed by atoms with E-state index in [-0.39, 0.29) is 0 Å². The topological polar surface area (TPSA) is 42.8 Å². The Hall–Kier alpha value is -2.49. The summed E-state index contributed by atoms with van der Waals surface area (Å²) in [5.41, 5.74) is 6.44. The molecule has 4 nitrogen and oxygen atoms in total. The summed E-state index contributed by atoms with van der Waals surface area (Å²) >= 11 is 0. The minimum atomic E-state index is 0.343. The molecule has 0 unspecified atom stereocenters. The van der Waals surface area contributed by atoms with E-state index in [1.807, 2.05) is 36.4 Å². The summed E-state index contributed by atoms with van der Waals surface area (Å²) in [5, 5.41) is 4.58. The van der Waals surface area contributed by atoms with Gasteiger partial charge in [-0.15, -0.1) is 0 Å². The molecule has 0 aliphatic carbocycles. The zero-order chi connectivity index (χ0) is 16.7. The highest BCUT2D eigenvalue weighted by atomic mass is 16.5. The number of hydrogen-bond acceptors (Lipinski definition) is 4. The Morgan fingerprint density at radius 1 is 1.00 bits per heavy atom. The van der Waals surface area contributed by atoms with E-state index in [9.17, 15) is 0 Å². The van der Waals surface area contributed by atoms with Gasteiger partial charge in [-0.1, -0.05) is 50.2 Å². The second-order valence-corrected chi connectivity index (χ2v) is 5.54. The highest BCUT2D eigenvalue weighted by molar-refractivity contribution is 6.01. The van der Waals surface area contributed by atoms with Crippen LogP contribution in [0.2, 0.25) is 0 Å². The van der Waals surface area contributed by atoms with Crippen LogP contribution in [0.3, 0.4) is 0 Å². The molecule has 0 heterocycles. The van der Waals surface area contributed by atoms with Gasteiger partial charge < -0.3 is 14.9 Å². The van der Waals surface area contributed by atoms with E-state index in [1.54, 1.807) is 14.2 Å². The van der Waals surface area contributed by atoms with Crippen molar-refractivity contribution in [1.82, 2.24) is 5.43 Å². The second-order valence-electron chi connectivity index (χ2n) is 5.54. The third-order valence-electron chi connectivity index (χ3n) is 3.55. The number of methoxy groups -OCH3 is 2. The van der Waals surface area contributed by atoms with Gasteiger partial charge in [0.05, 0.1) is 26.5 Å². The number of nitrogens with one attached hydrogen (secondary N) is 1. The smallest absolute Gasteiger partial charge is 0.161 e. The predicted molar refractivity (Wildman–Crippen MR) is 94.2 cm³/mol. The van der Waals surface area contributed by atoms with E-state index in [0.717, 1.165) is 28.3 Å². The Labute approximate surface area is 138 Å². The van der Waals surface area contributed by atoms with Gasteiger partial charge in [0.1, 0.15) is 0 Å². The van der Waals surface area contributed by atoms with Gasteiger partial charge in [0.25, 0.3) is 0 Å². The minimum Gasteiger partial charge on any atom is -0.493 e. The molecular weight excluding hydrogens is 288 g/mol. The third-order valence-corrected chi connectivity index (χ3v) is 3.55. The quantitative estimate of drug-likeness (QED) is 0.624. The van der Waals surface area contributed by atoms with E-state index >= 15 is 0 Å². The third kappa shape index (κ3) is 4.49. The molecule has 0 aliphatic heterocycles. The number of ether oxygens (including phenoxy) is 2. The standard InChI is InChI=1S/C19H24N2O2/c1-14(2)19(16-8-6-5-7-9-16)21-20-13-15-10-11-17(22-3)18(12-15)23-4/h5-12,14,20H,13H2,1-4H3/b21-19-. The first-order valence-electron chi connectivity index (χ1n) is 7.72. The molecule has 0 atom stereocenters. The Bertz CT molecular complexity index is 652. The van der Waals surface area contributed by atoms with Crippen molar-refractivity contribution >= 4 is 5.71 Å². The maximum atomic E-state index is 5.32. The first-order chi connectivity index (χ1) is 11.2. The van der Waals surface area contributed by atoms with Crippen LogP contribution in [0.1, 0.15) is 25.0 Å². The summed E-state index contributed by atoms with van der Waals surface area (Å²) in [6.07, 6.45) is 0. The summed E-state index contributed by atoms with van der Waals surface area (Å²) in [4.78, 5) is 0. The molecular formula is C19H24N2O2. The molecule has 0 saturated carbocycles. The van der Waals surface area contributed by atoms with Crippen LogP contribution in [0.15, 0.2) is 53.6 Å². The molecule has 2 aromatic carbocycles. The molecule has 2 aromatic rings. The van der Waals surface area contributed by atoms with Crippen molar-refractivity contribution in [2.24, 2.45) is 11.0 Å². The molecule has 122 valence electrons. The van der Waals surface area contributed by atoms with Crippen LogP contribution in [0, 0.1) is 5.92 Å². The lowest BCUT2D eigenvalue weighted by Gasteiger charge is -2.12. The van der Waals surface area contributed by atoms with Crippen molar-refractivity contribution in [2.75, 3.05) is 14.2 Å². The molecule has 0 amide bonds. The van der Waals surface area contributed by atoms with Crippen LogP contribution in [-0.2, 0) is 6.54 Å². The van der Waals surface area contributed by atoms with Gasteiger partial charge in [-0.25, -0.2) is 0 Å². The summed E-state index contributed by atoms with van der Waals surface area (Å²) in [6.45, 7) is 4.91. The normalized spacial score (nSPS) is 11.4. The first-order valence-corrected chi connectivity index (χ1v) is 7.72. The number of benzene rings is 2. The summed E-state index contributed by atoms with van der Waals surface area (Å²) in [5.74, 6) is 1.80. The van der Waals surface area contributed by atoms with Crippen LogP contribution in [0.4, 0.5) is 0 Å². The molecule has 0 spiro atoms. The van der Waals surface area contributed by atoms with Crippen molar-refractivity contribution in [3.8, 4) is 11.5 Å². The molecule has 0 radical (unpaired) electrons. The molecule has 0 aliphatic rings. The predicted octanol–water partition coefficient (Wildman–Crippen LogP) is 3.85. The number of rotatable bonds is 7. The highest BCUT2D eigenvalue weighted by Gasteiger charge is 2.08. The fourth-order valence-electron chi connectivity index (χ4n) is 2.34. The maximum Gasteiger partial charge on any atom is 0.161 e. The molecule has 0 fully saturated rings. The largest absolute Gasteiger partial charge is 0.493 e. The molecule has 4 heteroatoms. The van der Waals surface area contributed by atoms with Gasteiger partial charge in [-0.2, -0.15) is 5.10 Å². The zero-order valence-corrected chi connectivity index (χ0v) is 14.2. The second kappa shape index (κ2) is 8.22. The van der Waals surface area contributed by atoms with Gasteiger partial charge in [0.15, 0.2) is 11.5 Å². The number of hydrogen-bond donors (Lipinski definition) is 1. The molecule has 1 N–H and O–H groups in total. The van der Waals surface area contributed by atoms with E-state index in [2.05, 4.69) is 36.5 Å². The summed E-state index contributed by atoms with van der Waals surface area (Å²) < 4.78 is 10.6. The van der Waals surface area contributed by atoms with E-state index in [4.69, 9.17) is 9.47 Å². The van der Waals surface area contributed by atoms with Crippen LogP contribution in [-0.4, -0.2) is 19.9 Å². The highest BCUT2D eigenvalue weighted by Crippen LogP contribution is 2.27. The molecule has 0 saturated heterocycles. The summed E-state index contributed by atoms with van der Waals surface area (Å²) in [7, 11) is 3.27. The lowest BCUT2D eigenvalue weighted by atomic mass is 10.0. The first kappa shape index (κ1) is 16.9. The van der Waals surface area contributed by atoms with E-state index in [0.29, 0.717) is 12.5 Å². The Morgan fingerprint density at radius 2 is 1.70 bits per heavy atom. The molecule has 0 aromatic heterocycles. The molecule has 23 heavy (non-hydrogen) atoms. The van der Waals surface area contributed by atoms with E-state index < -0.39 is 0 Å². The van der Waals surface area contributed by atoms with Crippen LogP contribution >= 0.6 is 0 Å². The van der Waals surface area contributed by atoms with Crippen molar-refractivity contribution in [2.45, 2.75) is 20.4 Å². The van der Waals surface area contributed by atoms with Gasteiger partial charge in [-0.05, 0) is 29.2 Å².